The maximum Gasteiger partial charge on any atom is 0.156 e. The van der Waals surface area contributed by atoms with Crippen LogP contribution in [0.2, 0.25) is 0 Å². The predicted octanol–water partition coefficient (Wildman–Crippen LogP) is 5.35. The van der Waals surface area contributed by atoms with Crippen molar-refractivity contribution in [2.45, 2.75) is 64.6 Å². The van der Waals surface area contributed by atoms with Crippen LogP contribution in [-0.4, -0.2) is 20.5 Å². The molecule has 0 unspecified atom stereocenters. The zero-order valence-corrected chi connectivity index (χ0v) is 12.9. The zero-order chi connectivity index (χ0) is 14.6. The number of ether oxygens (including phenoxy) is 2. The number of hydrogen-bond acceptors (Lipinski definition) is 2. The van der Waals surface area contributed by atoms with Crippen molar-refractivity contribution in [2.24, 2.45) is 0 Å². The Labute approximate surface area is 115 Å². The second kappa shape index (κ2) is 25.3. The number of hydrogen-bond donors (Lipinski definition) is 0. The Kier molecular flexibility index (Phi) is 31.7. The first-order chi connectivity index (χ1) is 8.85. The smallest absolute Gasteiger partial charge is 0.156 e. The monoisotopic (exact) mass is 258 g/mol. The molecule has 18 heavy (non-hydrogen) atoms. The summed E-state index contributed by atoms with van der Waals surface area (Å²) in [6.07, 6.45) is 10.4. The molecule has 0 aromatic rings. The SMILES string of the molecule is C=C.C=C.CCCCCCCCCC(OC)OC. The Morgan fingerprint density at radius 2 is 1.11 bits per heavy atom. The van der Waals surface area contributed by atoms with Crippen LogP contribution in [0.1, 0.15) is 58.3 Å². The summed E-state index contributed by atoms with van der Waals surface area (Å²) in [4.78, 5) is 0. The summed E-state index contributed by atoms with van der Waals surface area (Å²) < 4.78 is 10.2. The second-order valence-corrected chi connectivity index (χ2v) is 3.81. The molecule has 2 heteroatoms. The van der Waals surface area contributed by atoms with E-state index in [-0.39, 0.29) is 6.29 Å². The van der Waals surface area contributed by atoms with E-state index < -0.39 is 0 Å². The van der Waals surface area contributed by atoms with Crippen LogP contribution in [0.3, 0.4) is 0 Å². The topological polar surface area (TPSA) is 18.5 Å². The van der Waals surface area contributed by atoms with Crippen molar-refractivity contribution in [3.63, 3.8) is 0 Å². The van der Waals surface area contributed by atoms with Crippen LogP contribution < -0.4 is 0 Å². The maximum atomic E-state index is 5.12. The van der Waals surface area contributed by atoms with Crippen molar-refractivity contribution >= 4 is 0 Å². The molecule has 0 amide bonds. The molecule has 0 N–H and O–H groups in total. The van der Waals surface area contributed by atoms with E-state index >= 15 is 0 Å². The first kappa shape index (κ1) is 22.6. The van der Waals surface area contributed by atoms with Gasteiger partial charge >= 0.3 is 0 Å². The third-order valence-corrected chi connectivity index (χ3v) is 2.57. The lowest BCUT2D eigenvalue weighted by molar-refractivity contribution is -0.107. The minimum absolute atomic E-state index is 0.00522. The Morgan fingerprint density at radius 3 is 1.50 bits per heavy atom. The van der Waals surface area contributed by atoms with Gasteiger partial charge in [0.1, 0.15) is 0 Å². The number of unbranched alkanes of at least 4 members (excludes halogenated alkanes) is 6. The van der Waals surface area contributed by atoms with Gasteiger partial charge in [0.25, 0.3) is 0 Å². The second-order valence-electron chi connectivity index (χ2n) is 3.81. The van der Waals surface area contributed by atoms with Crippen LogP contribution in [0.4, 0.5) is 0 Å². The van der Waals surface area contributed by atoms with Gasteiger partial charge < -0.3 is 9.47 Å². The third-order valence-electron chi connectivity index (χ3n) is 2.57. The van der Waals surface area contributed by atoms with Gasteiger partial charge in [-0.3, -0.25) is 0 Å². The molecule has 0 aliphatic rings. The van der Waals surface area contributed by atoms with Gasteiger partial charge in [0.05, 0.1) is 0 Å². The Bertz CT molecular complexity index is 120. The van der Waals surface area contributed by atoms with Crippen molar-refractivity contribution in [1.82, 2.24) is 0 Å². The van der Waals surface area contributed by atoms with E-state index in [2.05, 4.69) is 33.2 Å². The van der Waals surface area contributed by atoms with Crippen LogP contribution in [0.5, 0.6) is 0 Å². The van der Waals surface area contributed by atoms with E-state index in [1.807, 2.05) is 0 Å². The first-order valence-corrected chi connectivity index (χ1v) is 6.90. The number of rotatable bonds is 10. The lowest BCUT2D eigenvalue weighted by Gasteiger charge is -2.12. The van der Waals surface area contributed by atoms with Crippen LogP contribution in [0, 0.1) is 0 Å². The van der Waals surface area contributed by atoms with Gasteiger partial charge in [-0.05, 0) is 12.8 Å². The van der Waals surface area contributed by atoms with Crippen LogP contribution in [0.25, 0.3) is 0 Å². The standard InChI is InChI=1S/C12H26O2.2C2H4/c1-4-5-6-7-8-9-10-11-12(13-2)14-3;2*1-2/h12H,4-11H2,1-3H3;2*1-2H2. The molecule has 0 aliphatic carbocycles. The molecule has 2 nitrogen and oxygen atoms in total. The quantitative estimate of drug-likeness (QED) is 0.299. The first-order valence-electron chi connectivity index (χ1n) is 6.90. The fourth-order valence-corrected chi connectivity index (χ4v) is 1.60. The summed E-state index contributed by atoms with van der Waals surface area (Å²) in [5.41, 5.74) is 0. The van der Waals surface area contributed by atoms with Crippen LogP contribution in [-0.2, 0) is 9.47 Å². The molecular formula is C16H34O2. The van der Waals surface area contributed by atoms with Gasteiger partial charge in [-0.1, -0.05) is 45.4 Å². The molecule has 0 atom stereocenters. The van der Waals surface area contributed by atoms with E-state index in [0.29, 0.717) is 0 Å². The molecule has 0 radical (unpaired) electrons. The highest BCUT2D eigenvalue weighted by atomic mass is 16.7. The summed E-state index contributed by atoms with van der Waals surface area (Å²) in [7, 11) is 3.41. The summed E-state index contributed by atoms with van der Waals surface area (Å²) in [6.45, 7) is 14.3. The van der Waals surface area contributed by atoms with E-state index in [9.17, 15) is 0 Å². The fraction of sp³-hybridized carbons (Fsp3) is 0.750. The predicted molar refractivity (Wildman–Crippen MR) is 82.9 cm³/mol. The number of methoxy groups -OCH3 is 2. The summed E-state index contributed by atoms with van der Waals surface area (Å²) in [5.74, 6) is 0. The van der Waals surface area contributed by atoms with E-state index in [0.717, 1.165) is 6.42 Å². The highest BCUT2D eigenvalue weighted by Gasteiger charge is 2.03. The Hall–Kier alpha value is -0.600. The van der Waals surface area contributed by atoms with Gasteiger partial charge in [0.2, 0.25) is 0 Å². The van der Waals surface area contributed by atoms with Crippen LogP contribution >= 0.6 is 0 Å². The highest BCUT2D eigenvalue weighted by molar-refractivity contribution is 4.48. The van der Waals surface area contributed by atoms with Crippen LogP contribution in [0.15, 0.2) is 26.3 Å². The molecule has 0 fully saturated rings. The van der Waals surface area contributed by atoms with Gasteiger partial charge in [-0.2, -0.15) is 0 Å². The van der Waals surface area contributed by atoms with Gasteiger partial charge in [-0.15, -0.1) is 26.3 Å². The lowest BCUT2D eigenvalue weighted by atomic mass is 10.1. The molecule has 0 saturated heterocycles. The maximum absolute atomic E-state index is 5.12. The molecule has 0 saturated carbocycles. The molecule has 0 aliphatic heterocycles. The van der Waals surface area contributed by atoms with Gasteiger partial charge in [-0.25, -0.2) is 0 Å². The van der Waals surface area contributed by atoms with E-state index in [1.165, 1.54) is 44.9 Å². The van der Waals surface area contributed by atoms with E-state index in [1.54, 1.807) is 14.2 Å². The summed E-state index contributed by atoms with van der Waals surface area (Å²) in [6, 6.07) is 0. The molecule has 0 bridgehead atoms. The molecule has 0 aromatic heterocycles. The van der Waals surface area contributed by atoms with Crippen molar-refractivity contribution in [3.8, 4) is 0 Å². The fourth-order valence-electron chi connectivity index (χ4n) is 1.60. The molecule has 0 spiro atoms. The third kappa shape index (κ3) is 20.8. The van der Waals surface area contributed by atoms with Gasteiger partial charge in [0, 0.05) is 14.2 Å². The Morgan fingerprint density at radius 1 is 0.722 bits per heavy atom. The molecule has 0 heterocycles. The highest BCUT2D eigenvalue weighted by Crippen LogP contribution is 2.10. The normalized spacial score (nSPS) is 9.11. The Balaban J connectivity index is -0.000000506. The average molecular weight is 258 g/mol. The average Bonchev–Trinajstić information content (AvgIpc) is 2.46. The molecule has 110 valence electrons. The van der Waals surface area contributed by atoms with Crippen molar-refractivity contribution < 1.29 is 9.47 Å². The molecular weight excluding hydrogens is 224 g/mol. The lowest BCUT2D eigenvalue weighted by Crippen LogP contribution is -2.12. The largest absolute Gasteiger partial charge is 0.356 e. The minimum atomic E-state index is 0.00522. The van der Waals surface area contributed by atoms with Crippen molar-refractivity contribution in [3.05, 3.63) is 26.3 Å². The molecule has 0 aromatic carbocycles. The van der Waals surface area contributed by atoms with E-state index in [4.69, 9.17) is 9.47 Å². The zero-order valence-electron chi connectivity index (χ0n) is 12.9. The molecule has 0 rings (SSSR count). The summed E-state index contributed by atoms with van der Waals surface area (Å²) in [5, 5.41) is 0. The van der Waals surface area contributed by atoms with Crippen molar-refractivity contribution in [1.29, 1.82) is 0 Å². The van der Waals surface area contributed by atoms with Gasteiger partial charge in [0.15, 0.2) is 6.29 Å². The van der Waals surface area contributed by atoms with Crippen molar-refractivity contribution in [2.75, 3.05) is 14.2 Å². The summed E-state index contributed by atoms with van der Waals surface area (Å²) >= 11 is 0. The minimum Gasteiger partial charge on any atom is -0.356 e.